The lowest BCUT2D eigenvalue weighted by Crippen LogP contribution is -2.71. The number of carbonyl (C=O) groups excluding carboxylic acids is 1. The monoisotopic (exact) mass is 355 g/mol. The van der Waals surface area contributed by atoms with Gasteiger partial charge >= 0.3 is 0 Å². The molecule has 1 aromatic rings. The van der Waals surface area contributed by atoms with Gasteiger partial charge < -0.3 is 10.3 Å². The summed E-state index contributed by atoms with van der Waals surface area (Å²) in [4.78, 5) is 16.1. The first-order valence-electron chi connectivity index (χ1n) is 9.72. The van der Waals surface area contributed by atoms with E-state index in [2.05, 4.69) is 16.4 Å². The summed E-state index contributed by atoms with van der Waals surface area (Å²) in [5.41, 5.74) is 3.70. The minimum atomic E-state index is 0.0208. The molecule has 140 valence electrons. The number of benzene rings is 1. The molecule has 1 heterocycles. The van der Waals surface area contributed by atoms with Gasteiger partial charge in [0.25, 0.3) is 5.91 Å². The molecule has 0 unspecified atom stereocenters. The lowest BCUT2D eigenvalue weighted by atomic mass is 10.1. The molecule has 1 saturated carbocycles. The third kappa shape index (κ3) is 4.59. The largest absolute Gasteiger partial charge is 0.345 e. The van der Waals surface area contributed by atoms with Gasteiger partial charge in [-0.25, -0.2) is 0 Å². The van der Waals surface area contributed by atoms with Crippen LogP contribution in [0, 0.1) is 5.41 Å². The van der Waals surface area contributed by atoms with Crippen LogP contribution in [-0.4, -0.2) is 54.6 Å². The summed E-state index contributed by atoms with van der Waals surface area (Å²) in [5, 5.41) is 10.5. The number of rotatable bonds is 4. The molecular formula is C21H31N4O+. The average molecular weight is 356 g/mol. The molecule has 3 N–H and O–H groups in total. The van der Waals surface area contributed by atoms with Crippen LogP contribution in [0.15, 0.2) is 36.0 Å². The first kappa shape index (κ1) is 18.8. The van der Waals surface area contributed by atoms with E-state index >= 15 is 0 Å². The Bertz CT molecular complexity index is 672. The number of nitrogens with two attached hydrogens (primary N) is 1. The molecule has 0 atom stereocenters. The molecule has 0 spiro atoms. The van der Waals surface area contributed by atoms with Gasteiger partial charge in [0.1, 0.15) is 11.9 Å². The fourth-order valence-electron chi connectivity index (χ4n) is 3.95. The van der Waals surface area contributed by atoms with Crippen molar-refractivity contribution >= 4 is 17.3 Å². The van der Waals surface area contributed by atoms with Gasteiger partial charge in [-0.1, -0.05) is 12.8 Å². The van der Waals surface area contributed by atoms with E-state index in [4.69, 9.17) is 5.41 Å². The fourth-order valence-corrected chi connectivity index (χ4v) is 3.95. The zero-order chi connectivity index (χ0) is 18.5. The molecule has 26 heavy (non-hydrogen) atoms. The SMILES string of the molecule is CN(C)C(=O)c1ccc([NH2+]C=C2CCN(C3CCCC3)CCC2=N)cc1. The van der Waals surface area contributed by atoms with Crippen LogP contribution in [0.4, 0.5) is 5.69 Å². The van der Waals surface area contributed by atoms with Crippen molar-refractivity contribution in [1.82, 2.24) is 9.80 Å². The molecular weight excluding hydrogens is 324 g/mol. The molecule has 5 nitrogen and oxygen atoms in total. The highest BCUT2D eigenvalue weighted by atomic mass is 16.2. The Labute approximate surface area is 156 Å². The molecule has 0 radical (unpaired) electrons. The number of hydrogen-bond acceptors (Lipinski definition) is 3. The van der Waals surface area contributed by atoms with Crippen molar-refractivity contribution < 1.29 is 10.1 Å². The number of carbonyl (C=O) groups is 1. The molecule has 3 rings (SSSR count). The van der Waals surface area contributed by atoms with Crippen LogP contribution in [0.25, 0.3) is 0 Å². The van der Waals surface area contributed by atoms with Crippen LogP contribution in [0.2, 0.25) is 0 Å². The van der Waals surface area contributed by atoms with Crippen molar-refractivity contribution in [2.45, 2.75) is 44.6 Å². The molecule has 0 aromatic heterocycles. The first-order chi connectivity index (χ1) is 12.5. The maximum absolute atomic E-state index is 12.0. The summed E-state index contributed by atoms with van der Waals surface area (Å²) in [5.74, 6) is 0.0208. The number of quaternary nitrogens is 1. The van der Waals surface area contributed by atoms with Crippen molar-refractivity contribution in [3.05, 3.63) is 41.6 Å². The van der Waals surface area contributed by atoms with E-state index in [0.29, 0.717) is 5.56 Å². The predicted molar refractivity (Wildman–Crippen MR) is 105 cm³/mol. The van der Waals surface area contributed by atoms with Gasteiger partial charge in [0.15, 0.2) is 0 Å². The fraction of sp³-hybridized carbons (Fsp3) is 0.524. The number of likely N-dealkylation sites (tertiary alicyclic amines) is 1. The summed E-state index contributed by atoms with van der Waals surface area (Å²) < 4.78 is 0. The standard InChI is InChI=1S/C21H30N4O/c1-24(2)21(26)16-7-9-18(10-8-16)23-15-17-11-13-25(14-12-20(17)22)19-5-3-4-6-19/h7-10,15,19,22-23H,3-6,11-14H2,1-2H3/p+1. The number of nitrogens with zero attached hydrogens (tertiary/aromatic N) is 2. The summed E-state index contributed by atoms with van der Waals surface area (Å²) in [6.07, 6.45) is 9.30. The van der Waals surface area contributed by atoms with Gasteiger partial charge in [-0.05, 0) is 31.4 Å². The number of hydrogen-bond donors (Lipinski definition) is 2. The molecule has 0 bridgehead atoms. The van der Waals surface area contributed by atoms with Gasteiger partial charge in [0, 0.05) is 68.6 Å². The first-order valence-corrected chi connectivity index (χ1v) is 9.72. The normalized spacial score (nSPS) is 21.2. The Morgan fingerprint density at radius 2 is 1.81 bits per heavy atom. The summed E-state index contributed by atoms with van der Waals surface area (Å²) >= 11 is 0. The predicted octanol–water partition coefficient (Wildman–Crippen LogP) is 2.53. The van der Waals surface area contributed by atoms with E-state index < -0.39 is 0 Å². The number of nitrogens with one attached hydrogen (secondary N) is 1. The molecule has 1 saturated heterocycles. The zero-order valence-electron chi connectivity index (χ0n) is 16.0. The van der Waals surface area contributed by atoms with Gasteiger partial charge in [-0.3, -0.25) is 15.0 Å². The van der Waals surface area contributed by atoms with Crippen molar-refractivity contribution in [1.29, 1.82) is 5.41 Å². The summed E-state index contributed by atoms with van der Waals surface area (Å²) in [6, 6.07) is 8.42. The average Bonchev–Trinajstić information content (AvgIpc) is 3.11. The number of amides is 1. The van der Waals surface area contributed by atoms with Crippen LogP contribution in [0.1, 0.15) is 48.9 Å². The zero-order valence-corrected chi connectivity index (χ0v) is 16.0. The van der Waals surface area contributed by atoms with Gasteiger partial charge in [0.2, 0.25) is 0 Å². The lowest BCUT2D eigenvalue weighted by molar-refractivity contribution is -0.497. The Balaban J connectivity index is 1.60. The molecule has 1 aliphatic carbocycles. The highest BCUT2D eigenvalue weighted by molar-refractivity contribution is 5.97. The summed E-state index contributed by atoms with van der Waals surface area (Å²) in [7, 11) is 3.53. The highest BCUT2D eigenvalue weighted by Gasteiger charge is 2.25. The van der Waals surface area contributed by atoms with Crippen molar-refractivity contribution in [2.24, 2.45) is 0 Å². The van der Waals surface area contributed by atoms with Crippen LogP contribution in [0.5, 0.6) is 0 Å². The highest BCUT2D eigenvalue weighted by Crippen LogP contribution is 2.26. The van der Waals surface area contributed by atoms with E-state index in [1.54, 1.807) is 19.0 Å². The van der Waals surface area contributed by atoms with Gasteiger partial charge in [0.05, 0.1) is 0 Å². The molecule has 2 fully saturated rings. The molecule has 5 heteroatoms. The van der Waals surface area contributed by atoms with E-state index in [-0.39, 0.29) is 5.91 Å². The van der Waals surface area contributed by atoms with Crippen LogP contribution >= 0.6 is 0 Å². The Morgan fingerprint density at radius 3 is 2.46 bits per heavy atom. The quantitative estimate of drug-likeness (QED) is 0.815. The van der Waals surface area contributed by atoms with Gasteiger partial charge in [-0.2, -0.15) is 0 Å². The van der Waals surface area contributed by atoms with E-state index in [0.717, 1.165) is 48.9 Å². The van der Waals surface area contributed by atoms with Crippen LogP contribution < -0.4 is 5.32 Å². The van der Waals surface area contributed by atoms with E-state index in [1.807, 2.05) is 24.3 Å². The second-order valence-electron chi connectivity index (χ2n) is 7.63. The molecule has 2 aliphatic rings. The summed E-state index contributed by atoms with van der Waals surface area (Å²) in [6.45, 7) is 2.10. The second-order valence-corrected chi connectivity index (χ2v) is 7.63. The van der Waals surface area contributed by atoms with E-state index in [1.165, 1.54) is 25.7 Å². The van der Waals surface area contributed by atoms with Gasteiger partial charge in [-0.15, -0.1) is 0 Å². The minimum Gasteiger partial charge on any atom is -0.345 e. The third-order valence-electron chi connectivity index (χ3n) is 5.59. The van der Waals surface area contributed by atoms with Crippen LogP contribution in [0.3, 0.4) is 0 Å². The second kappa shape index (κ2) is 8.60. The topological polar surface area (TPSA) is 64.0 Å². The molecule has 1 aliphatic heterocycles. The maximum atomic E-state index is 12.0. The molecule has 1 amide bonds. The maximum Gasteiger partial charge on any atom is 0.253 e. The van der Waals surface area contributed by atoms with E-state index in [9.17, 15) is 4.79 Å². The Hall–Kier alpha value is -1.98. The molecule has 1 aromatic carbocycles. The van der Waals surface area contributed by atoms with Crippen LogP contribution in [-0.2, 0) is 0 Å². The smallest absolute Gasteiger partial charge is 0.253 e. The lowest BCUT2D eigenvalue weighted by Gasteiger charge is -2.26. The third-order valence-corrected chi connectivity index (χ3v) is 5.59. The van der Waals surface area contributed by atoms with Crippen molar-refractivity contribution in [2.75, 3.05) is 27.2 Å². The Morgan fingerprint density at radius 1 is 1.15 bits per heavy atom. The minimum absolute atomic E-state index is 0.0208. The Kier molecular flexibility index (Phi) is 6.22. The van der Waals surface area contributed by atoms with Crippen molar-refractivity contribution in [3.63, 3.8) is 0 Å². The van der Waals surface area contributed by atoms with Crippen molar-refractivity contribution in [3.8, 4) is 0 Å².